The Bertz CT molecular complexity index is 502. The van der Waals surface area contributed by atoms with Crippen LogP contribution in [0.5, 0.6) is 0 Å². The van der Waals surface area contributed by atoms with E-state index in [9.17, 15) is 8.42 Å². The summed E-state index contributed by atoms with van der Waals surface area (Å²) in [4.78, 5) is 6.47. The number of pyridine rings is 1. The van der Waals surface area contributed by atoms with Crippen LogP contribution in [-0.4, -0.2) is 38.0 Å². The maximum absolute atomic E-state index is 11.4. The lowest BCUT2D eigenvalue weighted by Crippen LogP contribution is -2.41. The van der Waals surface area contributed by atoms with Gasteiger partial charge in [0.1, 0.15) is 5.82 Å². The van der Waals surface area contributed by atoms with Crippen LogP contribution in [0, 0.1) is 6.92 Å². The molecule has 1 fully saturated rings. The first-order chi connectivity index (χ1) is 8.02. The van der Waals surface area contributed by atoms with E-state index in [-0.39, 0.29) is 11.5 Å². The second kappa shape index (κ2) is 4.94. The summed E-state index contributed by atoms with van der Waals surface area (Å²) in [6.07, 6.45) is 1.83. The van der Waals surface area contributed by atoms with Gasteiger partial charge in [0.2, 0.25) is 0 Å². The highest BCUT2D eigenvalue weighted by molar-refractivity contribution is 9.08. The summed E-state index contributed by atoms with van der Waals surface area (Å²) in [5.41, 5.74) is 2.23. The van der Waals surface area contributed by atoms with E-state index in [0.29, 0.717) is 13.1 Å². The van der Waals surface area contributed by atoms with Crippen LogP contribution in [0.2, 0.25) is 0 Å². The molecule has 0 amide bonds. The number of alkyl halides is 1. The average Bonchev–Trinajstić information content (AvgIpc) is 2.29. The topological polar surface area (TPSA) is 50.3 Å². The molecular formula is C11H15BrN2O2S. The molecule has 1 aromatic heterocycles. The first-order valence-corrected chi connectivity index (χ1v) is 8.43. The number of halogens is 1. The van der Waals surface area contributed by atoms with Gasteiger partial charge in [-0.25, -0.2) is 13.4 Å². The third kappa shape index (κ3) is 2.98. The molecule has 6 heteroatoms. The Labute approximate surface area is 110 Å². The molecule has 2 heterocycles. The highest BCUT2D eigenvalue weighted by atomic mass is 79.9. The zero-order valence-electron chi connectivity index (χ0n) is 9.69. The largest absolute Gasteiger partial charge is 0.354 e. The van der Waals surface area contributed by atoms with Crippen molar-refractivity contribution >= 4 is 31.6 Å². The number of rotatable bonds is 2. The molecule has 0 aliphatic carbocycles. The second-order valence-corrected chi connectivity index (χ2v) is 7.12. The molecule has 0 spiro atoms. The van der Waals surface area contributed by atoms with Gasteiger partial charge >= 0.3 is 0 Å². The van der Waals surface area contributed by atoms with Gasteiger partial charge < -0.3 is 4.90 Å². The van der Waals surface area contributed by atoms with Gasteiger partial charge in [0.25, 0.3) is 0 Å². The Kier molecular flexibility index (Phi) is 3.73. The molecule has 1 aromatic rings. The van der Waals surface area contributed by atoms with Crippen molar-refractivity contribution in [3.63, 3.8) is 0 Å². The summed E-state index contributed by atoms with van der Waals surface area (Å²) in [5.74, 6) is 1.37. The monoisotopic (exact) mass is 318 g/mol. The minimum atomic E-state index is -2.83. The van der Waals surface area contributed by atoms with Crippen molar-refractivity contribution in [1.29, 1.82) is 0 Å². The Balaban J connectivity index is 2.19. The Hall–Kier alpha value is -0.620. The first-order valence-electron chi connectivity index (χ1n) is 5.49. The van der Waals surface area contributed by atoms with E-state index in [1.54, 1.807) is 0 Å². The number of aromatic nitrogens is 1. The number of aryl methyl sites for hydroxylation is 1. The molecule has 1 saturated heterocycles. The average molecular weight is 319 g/mol. The van der Waals surface area contributed by atoms with Crippen molar-refractivity contribution in [2.75, 3.05) is 29.5 Å². The lowest BCUT2D eigenvalue weighted by atomic mass is 10.2. The molecule has 0 atom stereocenters. The predicted molar refractivity (Wildman–Crippen MR) is 72.5 cm³/mol. The fraction of sp³-hybridized carbons (Fsp3) is 0.545. The second-order valence-electron chi connectivity index (χ2n) is 4.26. The van der Waals surface area contributed by atoms with Crippen LogP contribution in [0.4, 0.5) is 5.82 Å². The lowest BCUT2D eigenvalue weighted by molar-refractivity contribution is 0.586. The number of hydrogen-bond acceptors (Lipinski definition) is 4. The van der Waals surface area contributed by atoms with Gasteiger partial charge in [0.15, 0.2) is 9.84 Å². The Morgan fingerprint density at radius 1 is 1.41 bits per heavy atom. The van der Waals surface area contributed by atoms with Crippen molar-refractivity contribution in [3.05, 3.63) is 23.4 Å². The van der Waals surface area contributed by atoms with Crippen LogP contribution in [0.3, 0.4) is 0 Å². The first kappa shape index (κ1) is 12.8. The molecule has 94 valence electrons. The van der Waals surface area contributed by atoms with Gasteiger partial charge in [-0.2, -0.15) is 0 Å². The van der Waals surface area contributed by atoms with Crippen LogP contribution in [-0.2, 0) is 15.2 Å². The lowest BCUT2D eigenvalue weighted by Gasteiger charge is -2.29. The highest BCUT2D eigenvalue weighted by Gasteiger charge is 2.23. The van der Waals surface area contributed by atoms with Crippen LogP contribution in [0.25, 0.3) is 0 Å². The SMILES string of the molecule is Cc1cc(CBr)cnc1N1CCS(=O)(=O)CC1. The van der Waals surface area contributed by atoms with Crippen molar-refractivity contribution in [3.8, 4) is 0 Å². The van der Waals surface area contributed by atoms with E-state index >= 15 is 0 Å². The van der Waals surface area contributed by atoms with Gasteiger partial charge in [-0.15, -0.1) is 0 Å². The van der Waals surface area contributed by atoms with Gasteiger partial charge in [-0.3, -0.25) is 0 Å². The molecular weight excluding hydrogens is 304 g/mol. The number of nitrogens with zero attached hydrogens (tertiary/aromatic N) is 2. The zero-order chi connectivity index (χ0) is 12.5. The van der Waals surface area contributed by atoms with Crippen molar-refractivity contribution in [1.82, 2.24) is 4.98 Å². The van der Waals surface area contributed by atoms with E-state index in [1.807, 2.05) is 18.0 Å². The minimum absolute atomic E-state index is 0.230. The summed E-state index contributed by atoms with van der Waals surface area (Å²) < 4.78 is 22.7. The minimum Gasteiger partial charge on any atom is -0.354 e. The maximum Gasteiger partial charge on any atom is 0.153 e. The zero-order valence-corrected chi connectivity index (χ0v) is 12.1. The van der Waals surface area contributed by atoms with Crippen molar-refractivity contribution in [2.45, 2.75) is 12.3 Å². The highest BCUT2D eigenvalue weighted by Crippen LogP contribution is 2.20. The van der Waals surface area contributed by atoms with Crippen LogP contribution >= 0.6 is 15.9 Å². The standard InChI is InChI=1S/C11H15BrN2O2S/c1-9-6-10(7-12)8-13-11(9)14-2-4-17(15,16)5-3-14/h6,8H,2-5,7H2,1H3. The molecule has 0 radical (unpaired) electrons. The number of hydrogen-bond donors (Lipinski definition) is 0. The Morgan fingerprint density at radius 2 is 2.06 bits per heavy atom. The number of sulfone groups is 1. The number of anilines is 1. The summed E-state index contributed by atoms with van der Waals surface area (Å²) in [6, 6.07) is 2.08. The van der Waals surface area contributed by atoms with Gasteiger partial charge in [-0.05, 0) is 18.1 Å². The van der Waals surface area contributed by atoms with E-state index in [4.69, 9.17) is 0 Å². The van der Waals surface area contributed by atoms with Crippen molar-refractivity contribution < 1.29 is 8.42 Å². The molecule has 2 rings (SSSR count). The van der Waals surface area contributed by atoms with Gasteiger partial charge in [-0.1, -0.05) is 22.0 Å². The molecule has 0 saturated carbocycles. The molecule has 4 nitrogen and oxygen atoms in total. The summed E-state index contributed by atoms with van der Waals surface area (Å²) in [6.45, 7) is 3.10. The van der Waals surface area contributed by atoms with Gasteiger partial charge in [0.05, 0.1) is 11.5 Å². The van der Waals surface area contributed by atoms with E-state index in [0.717, 1.165) is 22.3 Å². The van der Waals surface area contributed by atoms with Crippen molar-refractivity contribution in [2.24, 2.45) is 0 Å². The molecule has 17 heavy (non-hydrogen) atoms. The molecule has 0 unspecified atom stereocenters. The molecule has 1 aliphatic heterocycles. The fourth-order valence-corrected chi connectivity index (χ4v) is 3.46. The summed E-state index contributed by atoms with van der Waals surface area (Å²) in [5, 5.41) is 0.787. The van der Waals surface area contributed by atoms with E-state index < -0.39 is 9.84 Å². The molecule has 1 aliphatic rings. The smallest absolute Gasteiger partial charge is 0.153 e. The summed E-state index contributed by atoms with van der Waals surface area (Å²) >= 11 is 3.39. The van der Waals surface area contributed by atoms with E-state index in [2.05, 4.69) is 27.0 Å². The third-order valence-corrected chi connectivity index (χ3v) is 5.16. The molecule has 0 bridgehead atoms. The molecule has 0 aromatic carbocycles. The van der Waals surface area contributed by atoms with Gasteiger partial charge in [0, 0.05) is 24.6 Å². The predicted octanol–water partition coefficient (Wildman–Crippen LogP) is 1.52. The molecule has 0 N–H and O–H groups in total. The third-order valence-electron chi connectivity index (χ3n) is 2.91. The van der Waals surface area contributed by atoms with Crippen LogP contribution in [0.15, 0.2) is 12.3 Å². The fourth-order valence-electron chi connectivity index (χ4n) is 1.95. The summed E-state index contributed by atoms with van der Waals surface area (Å²) in [7, 11) is -2.83. The maximum atomic E-state index is 11.4. The van der Waals surface area contributed by atoms with Crippen LogP contribution < -0.4 is 4.90 Å². The van der Waals surface area contributed by atoms with Crippen LogP contribution in [0.1, 0.15) is 11.1 Å². The quantitative estimate of drug-likeness (QED) is 0.776. The normalized spacial score (nSPS) is 19.3. The Morgan fingerprint density at radius 3 is 2.59 bits per heavy atom. The van der Waals surface area contributed by atoms with E-state index in [1.165, 1.54) is 0 Å².